The lowest BCUT2D eigenvalue weighted by molar-refractivity contribution is -0.139. The van der Waals surface area contributed by atoms with Gasteiger partial charge in [-0.05, 0) is 29.8 Å². The van der Waals surface area contributed by atoms with Gasteiger partial charge in [-0.1, -0.05) is 29.4 Å². The molecule has 2 aromatic carbocycles. The fourth-order valence-corrected chi connectivity index (χ4v) is 3.23. The summed E-state index contributed by atoms with van der Waals surface area (Å²) in [5.74, 6) is 1.19. The van der Waals surface area contributed by atoms with Gasteiger partial charge in [-0.15, -0.1) is 0 Å². The standard InChI is InChI=1S/C22H22FN3O4/c1-28-10-9-20-24-22(30-25-20)18-7-2-3-8-19(18)29-17-13-26(14-17)21(27)12-15-5-4-6-16(23)11-15/h2-8,11,17H,9-10,12-14H2,1H3. The zero-order valence-electron chi connectivity index (χ0n) is 16.6. The smallest absolute Gasteiger partial charge is 0.261 e. The van der Waals surface area contributed by atoms with Crippen LogP contribution in [0.2, 0.25) is 0 Å². The molecule has 0 radical (unpaired) electrons. The van der Waals surface area contributed by atoms with Crippen LogP contribution in [0.25, 0.3) is 11.5 Å². The number of halogens is 1. The summed E-state index contributed by atoms with van der Waals surface area (Å²) in [5.41, 5.74) is 1.37. The zero-order valence-corrected chi connectivity index (χ0v) is 16.6. The van der Waals surface area contributed by atoms with Gasteiger partial charge in [-0.2, -0.15) is 4.98 Å². The summed E-state index contributed by atoms with van der Waals surface area (Å²) >= 11 is 0. The third-order valence-electron chi connectivity index (χ3n) is 4.85. The monoisotopic (exact) mass is 411 g/mol. The molecule has 0 aliphatic carbocycles. The van der Waals surface area contributed by atoms with E-state index in [1.807, 2.05) is 24.3 Å². The van der Waals surface area contributed by atoms with Crippen molar-refractivity contribution in [1.29, 1.82) is 0 Å². The molecule has 0 atom stereocenters. The van der Waals surface area contributed by atoms with Crippen molar-refractivity contribution in [3.8, 4) is 17.2 Å². The lowest BCUT2D eigenvalue weighted by Gasteiger charge is -2.39. The molecule has 0 spiro atoms. The zero-order chi connectivity index (χ0) is 20.9. The van der Waals surface area contributed by atoms with Crippen LogP contribution in [-0.2, 0) is 22.4 Å². The van der Waals surface area contributed by atoms with Crippen molar-refractivity contribution in [2.24, 2.45) is 0 Å². The molecule has 0 bridgehead atoms. The fraction of sp³-hybridized carbons (Fsp3) is 0.318. The summed E-state index contributed by atoms with van der Waals surface area (Å²) in [6, 6.07) is 13.5. The number of carbonyl (C=O) groups excluding carboxylic acids is 1. The third-order valence-corrected chi connectivity index (χ3v) is 4.85. The molecule has 8 heteroatoms. The van der Waals surface area contributed by atoms with Crippen molar-refractivity contribution in [3.63, 3.8) is 0 Å². The van der Waals surface area contributed by atoms with E-state index in [1.165, 1.54) is 12.1 Å². The first-order valence-electron chi connectivity index (χ1n) is 9.72. The Morgan fingerprint density at radius 2 is 2.07 bits per heavy atom. The number of ether oxygens (including phenoxy) is 2. The van der Waals surface area contributed by atoms with E-state index < -0.39 is 0 Å². The van der Waals surface area contributed by atoms with E-state index in [4.69, 9.17) is 14.0 Å². The number of amides is 1. The molecule has 4 rings (SSSR count). The number of aromatic nitrogens is 2. The Balaban J connectivity index is 1.35. The van der Waals surface area contributed by atoms with E-state index in [0.717, 1.165) is 0 Å². The first-order chi connectivity index (χ1) is 14.6. The Kier molecular flexibility index (Phi) is 6.04. The van der Waals surface area contributed by atoms with Gasteiger partial charge in [0.05, 0.1) is 31.7 Å². The SMILES string of the molecule is COCCc1noc(-c2ccccc2OC2CN(C(=O)Cc3cccc(F)c3)C2)n1. The second kappa shape index (κ2) is 9.04. The first kappa shape index (κ1) is 20.0. The number of nitrogens with zero attached hydrogens (tertiary/aromatic N) is 3. The summed E-state index contributed by atoms with van der Waals surface area (Å²) < 4.78 is 29.8. The highest BCUT2D eigenvalue weighted by Gasteiger charge is 2.32. The molecule has 7 nitrogen and oxygen atoms in total. The van der Waals surface area contributed by atoms with Gasteiger partial charge in [0.25, 0.3) is 5.89 Å². The van der Waals surface area contributed by atoms with Crippen LogP contribution in [0.1, 0.15) is 11.4 Å². The van der Waals surface area contributed by atoms with Gasteiger partial charge in [0.15, 0.2) is 5.82 Å². The highest BCUT2D eigenvalue weighted by molar-refractivity contribution is 5.79. The molecule has 156 valence electrons. The molecule has 3 aromatic rings. The van der Waals surface area contributed by atoms with Crippen LogP contribution >= 0.6 is 0 Å². The van der Waals surface area contributed by atoms with Gasteiger partial charge in [-0.3, -0.25) is 4.79 Å². The van der Waals surface area contributed by atoms with Crippen molar-refractivity contribution in [2.75, 3.05) is 26.8 Å². The summed E-state index contributed by atoms with van der Waals surface area (Å²) in [7, 11) is 1.62. The summed E-state index contributed by atoms with van der Waals surface area (Å²) in [6.45, 7) is 1.47. The highest BCUT2D eigenvalue weighted by Crippen LogP contribution is 2.30. The van der Waals surface area contributed by atoms with Gasteiger partial charge in [0, 0.05) is 13.5 Å². The van der Waals surface area contributed by atoms with Gasteiger partial charge in [0.1, 0.15) is 17.7 Å². The van der Waals surface area contributed by atoms with E-state index in [0.29, 0.717) is 54.7 Å². The predicted molar refractivity (Wildman–Crippen MR) is 106 cm³/mol. The number of rotatable bonds is 8. The summed E-state index contributed by atoms with van der Waals surface area (Å²) in [4.78, 5) is 18.5. The van der Waals surface area contributed by atoms with Crippen molar-refractivity contribution >= 4 is 5.91 Å². The average molecular weight is 411 g/mol. The Hall–Kier alpha value is -3.26. The minimum absolute atomic E-state index is 0.0478. The minimum atomic E-state index is -0.340. The fourth-order valence-electron chi connectivity index (χ4n) is 3.23. The maximum atomic E-state index is 13.3. The predicted octanol–water partition coefficient (Wildman–Crippen LogP) is 2.90. The van der Waals surface area contributed by atoms with Crippen LogP contribution in [0.15, 0.2) is 53.1 Å². The van der Waals surface area contributed by atoms with Crippen LogP contribution in [0.5, 0.6) is 5.75 Å². The number of likely N-dealkylation sites (tertiary alicyclic amines) is 1. The van der Waals surface area contributed by atoms with Gasteiger partial charge in [-0.25, -0.2) is 4.39 Å². The number of methoxy groups -OCH3 is 1. The third kappa shape index (κ3) is 4.65. The molecular weight excluding hydrogens is 389 g/mol. The van der Waals surface area contributed by atoms with E-state index >= 15 is 0 Å². The molecule has 0 unspecified atom stereocenters. The Morgan fingerprint density at radius 3 is 2.87 bits per heavy atom. The molecule has 0 saturated carbocycles. The molecule has 0 N–H and O–H groups in total. The molecule has 1 saturated heterocycles. The molecule has 1 aliphatic heterocycles. The summed E-state index contributed by atoms with van der Waals surface area (Å²) in [6.07, 6.45) is 0.611. The van der Waals surface area contributed by atoms with Gasteiger partial charge < -0.3 is 18.9 Å². The van der Waals surface area contributed by atoms with Crippen LogP contribution in [0.4, 0.5) is 4.39 Å². The lowest BCUT2D eigenvalue weighted by atomic mass is 10.1. The van der Waals surface area contributed by atoms with Crippen molar-refractivity contribution in [3.05, 3.63) is 65.7 Å². The summed E-state index contributed by atoms with van der Waals surface area (Å²) in [5, 5.41) is 3.96. The number of benzene rings is 2. The van der Waals surface area contributed by atoms with E-state index in [1.54, 1.807) is 24.1 Å². The maximum Gasteiger partial charge on any atom is 0.261 e. The molecule has 2 heterocycles. The first-order valence-corrected chi connectivity index (χ1v) is 9.72. The van der Waals surface area contributed by atoms with E-state index in [-0.39, 0.29) is 24.2 Å². The van der Waals surface area contributed by atoms with Crippen molar-refractivity contribution in [2.45, 2.75) is 18.9 Å². The number of hydrogen-bond acceptors (Lipinski definition) is 6. The molecule has 1 amide bonds. The minimum Gasteiger partial charge on any atom is -0.486 e. The Bertz CT molecular complexity index is 1020. The van der Waals surface area contributed by atoms with Crippen molar-refractivity contribution < 1.29 is 23.2 Å². The largest absolute Gasteiger partial charge is 0.486 e. The highest BCUT2D eigenvalue weighted by atomic mass is 19.1. The number of carbonyl (C=O) groups is 1. The van der Waals surface area contributed by atoms with Crippen LogP contribution in [0.3, 0.4) is 0 Å². The van der Waals surface area contributed by atoms with Gasteiger partial charge in [0.2, 0.25) is 5.91 Å². The molecule has 1 aliphatic rings. The molecule has 1 aromatic heterocycles. The maximum absolute atomic E-state index is 13.3. The molecule has 1 fully saturated rings. The number of hydrogen-bond donors (Lipinski definition) is 0. The normalized spacial score (nSPS) is 13.9. The molecule has 30 heavy (non-hydrogen) atoms. The quantitative estimate of drug-likeness (QED) is 0.567. The Labute approximate surface area is 173 Å². The topological polar surface area (TPSA) is 77.7 Å². The lowest BCUT2D eigenvalue weighted by Crippen LogP contribution is -2.56. The van der Waals surface area contributed by atoms with Crippen LogP contribution in [0, 0.1) is 5.82 Å². The van der Waals surface area contributed by atoms with E-state index in [2.05, 4.69) is 10.1 Å². The Morgan fingerprint density at radius 1 is 1.23 bits per heavy atom. The van der Waals surface area contributed by atoms with E-state index in [9.17, 15) is 9.18 Å². The van der Waals surface area contributed by atoms with Gasteiger partial charge >= 0.3 is 0 Å². The number of para-hydroxylation sites is 1. The van der Waals surface area contributed by atoms with Crippen molar-refractivity contribution in [1.82, 2.24) is 15.0 Å². The molecular formula is C22H22FN3O4. The van der Waals surface area contributed by atoms with Crippen LogP contribution in [-0.4, -0.2) is 53.9 Å². The van der Waals surface area contributed by atoms with Crippen LogP contribution < -0.4 is 4.74 Å². The average Bonchev–Trinajstić information content (AvgIpc) is 3.17. The second-order valence-electron chi connectivity index (χ2n) is 7.10. The second-order valence-corrected chi connectivity index (χ2v) is 7.10.